The summed E-state index contributed by atoms with van der Waals surface area (Å²) in [6.45, 7) is 7.72. The standard InChI is InChI=1S/C14H18N2O/c1-4-16-10-14(11(3)15-16)12-6-8-13(9-7-12)17-5-2/h6-10H,4-5H2,1-3H3. The van der Waals surface area contributed by atoms with Gasteiger partial charge in [0.05, 0.1) is 12.3 Å². The topological polar surface area (TPSA) is 27.1 Å². The molecule has 0 atom stereocenters. The number of hydrogen-bond donors (Lipinski definition) is 0. The van der Waals surface area contributed by atoms with Crippen molar-refractivity contribution < 1.29 is 4.74 Å². The monoisotopic (exact) mass is 230 g/mol. The number of nitrogens with zero attached hydrogens (tertiary/aromatic N) is 2. The normalized spacial score (nSPS) is 10.5. The predicted molar refractivity (Wildman–Crippen MR) is 69.2 cm³/mol. The van der Waals surface area contributed by atoms with Crippen molar-refractivity contribution in [2.45, 2.75) is 27.3 Å². The number of aryl methyl sites for hydroxylation is 2. The van der Waals surface area contributed by atoms with Gasteiger partial charge < -0.3 is 4.74 Å². The van der Waals surface area contributed by atoms with Gasteiger partial charge in [-0.3, -0.25) is 4.68 Å². The summed E-state index contributed by atoms with van der Waals surface area (Å²) in [5.74, 6) is 0.914. The first-order valence-electron chi connectivity index (χ1n) is 6.02. The van der Waals surface area contributed by atoms with Crippen LogP contribution in [0.15, 0.2) is 30.5 Å². The van der Waals surface area contributed by atoms with Gasteiger partial charge in [-0.15, -0.1) is 0 Å². The molecule has 0 radical (unpaired) electrons. The van der Waals surface area contributed by atoms with Crippen molar-refractivity contribution in [2.75, 3.05) is 6.61 Å². The van der Waals surface area contributed by atoms with E-state index in [1.54, 1.807) is 0 Å². The van der Waals surface area contributed by atoms with Crippen LogP contribution in [0.2, 0.25) is 0 Å². The van der Waals surface area contributed by atoms with Gasteiger partial charge in [0.2, 0.25) is 0 Å². The summed E-state index contributed by atoms with van der Waals surface area (Å²) in [5, 5.41) is 4.45. The van der Waals surface area contributed by atoms with Crippen LogP contribution in [0.4, 0.5) is 0 Å². The Morgan fingerprint density at radius 3 is 2.41 bits per heavy atom. The van der Waals surface area contributed by atoms with Crippen LogP contribution in [-0.4, -0.2) is 16.4 Å². The molecule has 0 spiro atoms. The molecule has 3 heteroatoms. The third-order valence-corrected chi connectivity index (χ3v) is 2.75. The Morgan fingerprint density at radius 1 is 1.18 bits per heavy atom. The average Bonchev–Trinajstić information content (AvgIpc) is 2.72. The highest BCUT2D eigenvalue weighted by Crippen LogP contribution is 2.24. The predicted octanol–water partition coefficient (Wildman–Crippen LogP) is 3.28. The minimum Gasteiger partial charge on any atom is -0.494 e. The van der Waals surface area contributed by atoms with E-state index < -0.39 is 0 Å². The summed E-state index contributed by atoms with van der Waals surface area (Å²) in [6, 6.07) is 8.16. The molecule has 0 saturated heterocycles. The molecule has 17 heavy (non-hydrogen) atoms. The van der Waals surface area contributed by atoms with Gasteiger partial charge in [0.15, 0.2) is 0 Å². The van der Waals surface area contributed by atoms with Gasteiger partial charge >= 0.3 is 0 Å². The first kappa shape index (κ1) is 11.7. The lowest BCUT2D eigenvalue weighted by Crippen LogP contribution is -1.93. The summed E-state index contributed by atoms with van der Waals surface area (Å²) < 4.78 is 7.39. The van der Waals surface area contributed by atoms with Gasteiger partial charge in [-0.05, 0) is 38.5 Å². The molecule has 3 nitrogen and oxygen atoms in total. The van der Waals surface area contributed by atoms with Gasteiger partial charge in [-0.2, -0.15) is 5.10 Å². The quantitative estimate of drug-likeness (QED) is 0.806. The summed E-state index contributed by atoms with van der Waals surface area (Å²) in [7, 11) is 0. The minimum absolute atomic E-state index is 0.701. The Balaban J connectivity index is 2.29. The van der Waals surface area contributed by atoms with Crippen molar-refractivity contribution in [1.29, 1.82) is 0 Å². The average molecular weight is 230 g/mol. The molecule has 1 aromatic carbocycles. The minimum atomic E-state index is 0.701. The number of rotatable bonds is 4. The van der Waals surface area contributed by atoms with Crippen molar-refractivity contribution in [3.05, 3.63) is 36.2 Å². The Hall–Kier alpha value is -1.77. The highest BCUT2D eigenvalue weighted by molar-refractivity contribution is 5.65. The molecule has 2 rings (SSSR count). The molecular weight excluding hydrogens is 212 g/mol. The molecule has 0 saturated carbocycles. The SMILES string of the molecule is CCOc1ccc(-c2cn(CC)nc2C)cc1. The smallest absolute Gasteiger partial charge is 0.119 e. The largest absolute Gasteiger partial charge is 0.494 e. The maximum absolute atomic E-state index is 5.43. The second-order valence-electron chi connectivity index (χ2n) is 3.94. The van der Waals surface area contributed by atoms with E-state index >= 15 is 0 Å². The molecule has 0 aliphatic carbocycles. The lowest BCUT2D eigenvalue weighted by atomic mass is 10.1. The summed E-state index contributed by atoms with van der Waals surface area (Å²) >= 11 is 0. The molecule has 1 aromatic heterocycles. The van der Waals surface area contributed by atoms with Crippen LogP contribution in [0, 0.1) is 6.92 Å². The van der Waals surface area contributed by atoms with Crippen LogP contribution >= 0.6 is 0 Å². The van der Waals surface area contributed by atoms with E-state index in [0.717, 1.165) is 18.0 Å². The van der Waals surface area contributed by atoms with Crippen LogP contribution in [0.3, 0.4) is 0 Å². The van der Waals surface area contributed by atoms with E-state index in [1.807, 2.05) is 30.7 Å². The third-order valence-electron chi connectivity index (χ3n) is 2.75. The molecule has 0 fully saturated rings. The van der Waals surface area contributed by atoms with Gasteiger partial charge in [0.1, 0.15) is 5.75 Å². The van der Waals surface area contributed by atoms with Gasteiger partial charge in [0, 0.05) is 18.3 Å². The van der Waals surface area contributed by atoms with E-state index in [0.29, 0.717) is 6.61 Å². The molecule has 0 unspecified atom stereocenters. The number of benzene rings is 1. The molecule has 0 bridgehead atoms. The Kier molecular flexibility index (Phi) is 3.47. The van der Waals surface area contributed by atoms with Crippen LogP contribution < -0.4 is 4.74 Å². The van der Waals surface area contributed by atoms with Crippen molar-refractivity contribution in [1.82, 2.24) is 9.78 Å². The highest BCUT2D eigenvalue weighted by Gasteiger charge is 2.06. The Bertz CT molecular complexity index is 485. The zero-order chi connectivity index (χ0) is 12.3. The second-order valence-corrected chi connectivity index (χ2v) is 3.94. The molecule has 0 amide bonds. The van der Waals surface area contributed by atoms with Crippen molar-refractivity contribution in [3.8, 4) is 16.9 Å². The Labute approximate surface area is 102 Å². The van der Waals surface area contributed by atoms with Crippen molar-refractivity contribution >= 4 is 0 Å². The van der Waals surface area contributed by atoms with Crippen LogP contribution in [0.25, 0.3) is 11.1 Å². The van der Waals surface area contributed by atoms with E-state index in [2.05, 4.69) is 30.4 Å². The molecule has 2 aromatic rings. The van der Waals surface area contributed by atoms with Gasteiger partial charge in [0.25, 0.3) is 0 Å². The first-order valence-corrected chi connectivity index (χ1v) is 6.02. The van der Waals surface area contributed by atoms with Gasteiger partial charge in [-0.25, -0.2) is 0 Å². The zero-order valence-corrected chi connectivity index (χ0v) is 10.6. The maximum atomic E-state index is 5.43. The second kappa shape index (κ2) is 5.04. The van der Waals surface area contributed by atoms with E-state index in [9.17, 15) is 0 Å². The lowest BCUT2D eigenvalue weighted by molar-refractivity contribution is 0.340. The van der Waals surface area contributed by atoms with E-state index in [4.69, 9.17) is 4.74 Å². The van der Waals surface area contributed by atoms with Crippen LogP contribution in [-0.2, 0) is 6.54 Å². The molecule has 1 heterocycles. The summed E-state index contributed by atoms with van der Waals surface area (Å²) in [5.41, 5.74) is 3.44. The number of aromatic nitrogens is 2. The fourth-order valence-corrected chi connectivity index (χ4v) is 1.86. The number of ether oxygens (including phenoxy) is 1. The summed E-state index contributed by atoms with van der Waals surface area (Å²) in [6.07, 6.45) is 2.09. The van der Waals surface area contributed by atoms with Crippen LogP contribution in [0.1, 0.15) is 19.5 Å². The highest BCUT2D eigenvalue weighted by atomic mass is 16.5. The molecule has 0 aliphatic rings. The molecular formula is C14H18N2O. The molecule has 0 aliphatic heterocycles. The third kappa shape index (κ3) is 2.49. The molecule has 0 N–H and O–H groups in total. The maximum Gasteiger partial charge on any atom is 0.119 e. The van der Waals surface area contributed by atoms with E-state index in [1.165, 1.54) is 11.1 Å². The van der Waals surface area contributed by atoms with Crippen LogP contribution in [0.5, 0.6) is 5.75 Å². The van der Waals surface area contributed by atoms with Crippen molar-refractivity contribution in [2.24, 2.45) is 0 Å². The zero-order valence-electron chi connectivity index (χ0n) is 10.6. The summed E-state index contributed by atoms with van der Waals surface area (Å²) in [4.78, 5) is 0. The lowest BCUT2D eigenvalue weighted by Gasteiger charge is -2.04. The number of hydrogen-bond acceptors (Lipinski definition) is 2. The van der Waals surface area contributed by atoms with E-state index in [-0.39, 0.29) is 0 Å². The van der Waals surface area contributed by atoms with Gasteiger partial charge in [-0.1, -0.05) is 12.1 Å². The Morgan fingerprint density at radius 2 is 1.88 bits per heavy atom. The first-order chi connectivity index (χ1) is 8.24. The fourth-order valence-electron chi connectivity index (χ4n) is 1.86. The van der Waals surface area contributed by atoms with Crippen molar-refractivity contribution in [3.63, 3.8) is 0 Å². The fraction of sp³-hybridized carbons (Fsp3) is 0.357. The molecule has 90 valence electrons.